The predicted octanol–water partition coefficient (Wildman–Crippen LogP) is 3.45. The molecule has 1 aliphatic heterocycles. The standard InChI is InChI=1S/C21H29N3O3/c1-2-26-16-18-9-7-17(8-10-18)14-22-21(25)23-15-19(20-6-5-13-27-20)24-11-3-4-12-24/h5-10,13,19H,2-4,11-12,14-16H2,1H3,(H2,22,23,25). The van der Waals surface area contributed by atoms with Gasteiger partial charge in [0.25, 0.3) is 0 Å². The van der Waals surface area contributed by atoms with Crippen molar-refractivity contribution >= 4 is 6.03 Å². The van der Waals surface area contributed by atoms with Crippen LogP contribution in [0.2, 0.25) is 0 Å². The van der Waals surface area contributed by atoms with Crippen molar-refractivity contribution in [1.29, 1.82) is 0 Å². The van der Waals surface area contributed by atoms with E-state index in [0.717, 1.165) is 30.0 Å². The van der Waals surface area contributed by atoms with Gasteiger partial charge in [-0.3, -0.25) is 4.90 Å². The number of nitrogens with zero attached hydrogens (tertiary/aromatic N) is 1. The lowest BCUT2D eigenvalue weighted by molar-refractivity contribution is 0.134. The maximum Gasteiger partial charge on any atom is 0.315 e. The molecule has 6 nitrogen and oxygen atoms in total. The number of amides is 2. The molecule has 0 saturated carbocycles. The summed E-state index contributed by atoms with van der Waals surface area (Å²) in [4.78, 5) is 14.6. The van der Waals surface area contributed by atoms with Crippen molar-refractivity contribution in [2.75, 3.05) is 26.2 Å². The zero-order valence-corrected chi connectivity index (χ0v) is 15.9. The molecule has 1 aromatic heterocycles. The van der Waals surface area contributed by atoms with E-state index in [1.807, 2.05) is 43.3 Å². The number of nitrogens with one attached hydrogen (secondary N) is 2. The molecule has 0 spiro atoms. The molecule has 1 aliphatic rings. The molecule has 146 valence electrons. The van der Waals surface area contributed by atoms with E-state index in [1.165, 1.54) is 12.8 Å². The first kappa shape index (κ1) is 19.5. The Labute approximate surface area is 160 Å². The molecule has 2 aromatic rings. The molecule has 1 fully saturated rings. The summed E-state index contributed by atoms with van der Waals surface area (Å²) >= 11 is 0. The summed E-state index contributed by atoms with van der Waals surface area (Å²) in [5.41, 5.74) is 2.20. The molecule has 1 unspecified atom stereocenters. The molecule has 0 bridgehead atoms. The van der Waals surface area contributed by atoms with Gasteiger partial charge in [0.15, 0.2) is 0 Å². The number of carbonyl (C=O) groups is 1. The van der Waals surface area contributed by atoms with E-state index < -0.39 is 0 Å². The largest absolute Gasteiger partial charge is 0.468 e. The van der Waals surface area contributed by atoms with E-state index >= 15 is 0 Å². The van der Waals surface area contributed by atoms with Gasteiger partial charge in [0, 0.05) is 19.7 Å². The van der Waals surface area contributed by atoms with Crippen LogP contribution < -0.4 is 10.6 Å². The Kier molecular flexibility index (Phi) is 7.30. The molecule has 2 amide bonds. The molecule has 0 radical (unpaired) electrons. The van der Waals surface area contributed by atoms with Crippen LogP contribution in [0.1, 0.15) is 42.7 Å². The van der Waals surface area contributed by atoms with Crippen molar-refractivity contribution in [3.8, 4) is 0 Å². The van der Waals surface area contributed by atoms with Gasteiger partial charge in [0.2, 0.25) is 0 Å². The first-order valence-electron chi connectivity index (χ1n) is 9.71. The third-order valence-corrected chi connectivity index (χ3v) is 4.86. The van der Waals surface area contributed by atoms with Gasteiger partial charge in [-0.25, -0.2) is 4.79 Å². The van der Waals surface area contributed by atoms with Crippen molar-refractivity contribution in [3.05, 3.63) is 59.5 Å². The summed E-state index contributed by atoms with van der Waals surface area (Å²) in [5, 5.41) is 5.91. The molecule has 27 heavy (non-hydrogen) atoms. The number of likely N-dealkylation sites (tertiary alicyclic amines) is 1. The fourth-order valence-corrected chi connectivity index (χ4v) is 3.35. The number of rotatable bonds is 9. The Balaban J connectivity index is 1.45. The van der Waals surface area contributed by atoms with Crippen molar-refractivity contribution in [2.24, 2.45) is 0 Å². The molecule has 1 saturated heterocycles. The SMILES string of the molecule is CCOCc1ccc(CNC(=O)NCC(c2ccco2)N2CCCC2)cc1. The van der Waals surface area contributed by atoms with Crippen molar-refractivity contribution in [3.63, 3.8) is 0 Å². The number of furan rings is 1. The number of hydrogen-bond donors (Lipinski definition) is 2. The van der Waals surface area contributed by atoms with Gasteiger partial charge in [-0.1, -0.05) is 24.3 Å². The molecule has 0 aliphatic carbocycles. The maximum absolute atomic E-state index is 12.2. The van der Waals surface area contributed by atoms with Crippen LogP contribution >= 0.6 is 0 Å². The summed E-state index contributed by atoms with van der Waals surface area (Å²) < 4.78 is 11.0. The number of carbonyl (C=O) groups excluding carboxylic acids is 1. The van der Waals surface area contributed by atoms with Gasteiger partial charge in [0.05, 0.1) is 18.9 Å². The lowest BCUT2D eigenvalue weighted by Crippen LogP contribution is -2.41. The molecule has 6 heteroatoms. The molecular weight excluding hydrogens is 342 g/mol. The topological polar surface area (TPSA) is 66.7 Å². The van der Waals surface area contributed by atoms with E-state index in [9.17, 15) is 4.79 Å². The Morgan fingerprint density at radius 2 is 1.89 bits per heavy atom. The average molecular weight is 371 g/mol. The minimum Gasteiger partial charge on any atom is -0.468 e. The van der Waals surface area contributed by atoms with Gasteiger partial charge in [-0.15, -0.1) is 0 Å². The van der Waals surface area contributed by atoms with Crippen LogP contribution in [0.25, 0.3) is 0 Å². The molecular formula is C21H29N3O3. The second-order valence-electron chi connectivity index (χ2n) is 6.79. The van der Waals surface area contributed by atoms with Crippen molar-refractivity contribution < 1.29 is 13.9 Å². The summed E-state index contributed by atoms with van der Waals surface area (Å²) in [7, 11) is 0. The second kappa shape index (κ2) is 10.1. The van der Waals surface area contributed by atoms with Gasteiger partial charge in [-0.2, -0.15) is 0 Å². The van der Waals surface area contributed by atoms with E-state index in [2.05, 4.69) is 15.5 Å². The summed E-state index contributed by atoms with van der Waals surface area (Å²) in [5.74, 6) is 0.905. The fourth-order valence-electron chi connectivity index (χ4n) is 3.35. The number of benzene rings is 1. The monoisotopic (exact) mass is 371 g/mol. The van der Waals surface area contributed by atoms with E-state index in [-0.39, 0.29) is 12.1 Å². The lowest BCUT2D eigenvalue weighted by Gasteiger charge is -2.26. The van der Waals surface area contributed by atoms with Crippen LogP contribution in [0.5, 0.6) is 0 Å². The quantitative estimate of drug-likeness (QED) is 0.708. The van der Waals surface area contributed by atoms with Gasteiger partial charge in [-0.05, 0) is 56.1 Å². The highest BCUT2D eigenvalue weighted by atomic mass is 16.5. The van der Waals surface area contributed by atoms with Crippen LogP contribution in [0.4, 0.5) is 4.79 Å². The van der Waals surface area contributed by atoms with Gasteiger partial charge >= 0.3 is 6.03 Å². The third-order valence-electron chi connectivity index (χ3n) is 4.86. The second-order valence-corrected chi connectivity index (χ2v) is 6.79. The average Bonchev–Trinajstić information content (AvgIpc) is 3.40. The highest BCUT2D eigenvalue weighted by Crippen LogP contribution is 2.24. The Morgan fingerprint density at radius 1 is 1.15 bits per heavy atom. The Bertz CT molecular complexity index is 679. The minimum absolute atomic E-state index is 0.0890. The Morgan fingerprint density at radius 3 is 2.56 bits per heavy atom. The third kappa shape index (κ3) is 5.84. The van der Waals surface area contributed by atoms with Crippen LogP contribution in [0.15, 0.2) is 47.1 Å². The zero-order valence-electron chi connectivity index (χ0n) is 15.9. The van der Waals surface area contributed by atoms with E-state index in [0.29, 0.717) is 26.3 Å². The minimum atomic E-state index is -0.163. The first-order valence-corrected chi connectivity index (χ1v) is 9.71. The Hall–Kier alpha value is -2.31. The highest BCUT2D eigenvalue weighted by Gasteiger charge is 2.25. The summed E-state index contributed by atoms with van der Waals surface area (Å²) in [6.07, 6.45) is 4.08. The van der Waals surface area contributed by atoms with Crippen molar-refractivity contribution in [2.45, 2.75) is 39.0 Å². The predicted molar refractivity (Wildman–Crippen MR) is 104 cm³/mol. The number of urea groups is 1. The van der Waals surface area contributed by atoms with Crippen LogP contribution in [-0.4, -0.2) is 37.2 Å². The molecule has 1 aromatic carbocycles. The van der Waals surface area contributed by atoms with Crippen LogP contribution in [0.3, 0.4) is 0 Å². The van der Waals surface area contributed by atoms with Crippen molar-refractivity contribution in [1.82, 2.24) is 15.5 Å². The molecule has 2 N–H and O–H groups in total. The van der Waals surface area contributed by atoms with Gasteiger partial charge < -0.3 is 19.8 Å². The lowest BCUT2D eigenvalue weighted by atomic mass is 10.1. The van der Waals surface area contributed by atoms with Gasteiger partial charge in [0.1, 0.15) is 5.76 Å². The zero-order chi connectivity index (χ0) is 18.9. The molecule has 1 atom stereocenters. The smallest absolute Gasteiger partial charge is 0.315 e. The summed E-state index contributed by atoms with van der Waals surface area (Å²) in [6, 6.07) is 11.9. The first-order chi connectivity index (χ1) is 13.3. The summed E-state index contributed by atoms with van der Waals surface area (Å²) in [6.45, 7) is 6.43. The number of hydrogen-bond acceptors (Lipinski definition) is 4. The maximum atomic E-state index is 12.2. The van der Waals surface area contributed by atoms with Crippen LogP contribution in [-0.2, 0) is 17.9 Å². The van der Waals surface area contributed by atoms with E-state index in [1.54, 1.807) is 6.26 Å². The normalized spacial score (nSPS) is 15.6. The molecule has 3 rings (SSSR count). The molecule has 2 heterocycles. The van der Waals surface area contributed by atoms with E-state index in [4.69, 9.17) is 9.15 Å². The highest BCUT2D eigenvalue weighted by molar-refractivity contribution is 5.73. The van der Waals surface area contributed by atoms with Crippen LogP contribution in [0, 0.1) is 0 Å². The number of ether oxygens (including phenoxy) is 1. The fraction of sp³-hybridized carbons (Fsp3) is 0.476.